The standard InChI is InChI=1S/C49H56N10O4/c1-30-26-35(10-15-38(30)31(2)52-46(62)47-55-48(56-63-47)49(3,4)5)43-40-27-41(53-44(40)51-29-50-43)34-8-13-37(14-9-34)59-24-22-57(23-25-59)28-32-18-20-58(21-19-32)36-11-6-33(7-12-36)39-16-17-42(60)54-45(39)61/h6-15,26-27,29,31-32,39H,16-25,28H2,1-5H3,(H,52,62)(H,50,51,53)(H,54,60,61)/t31-,39?/m1/s1. The summed E-state index contributed by atoms with van der Waals surface area (Å²) in [6, 6.07) is 25.2. The van der Waals surface area contributed by atoms with Crippen LogP contribution in [0.25, 0.3) is 33.5 Å². The van der Waals surface area contributed by atoms with Gasteiger partial charge in [0.2, 0.25) is 11.8 Å². The highest BCUT2D eigenvalue weighted by Crippen LogP contribution is 2.34. The fourth-order valence-corrected chi connectivity index (χ4v) is 9.30. The Kier molecular flexibility index (Phi) is 11.6. The van der Waals surface area contributed by atoms with Crippen molar-refractivity contribution in [3.63, 3.8) is 0 Å². The van der Waals surface area contributed by atoms with E-state index in [4.69, 9.17) is 9.51 Å². The summed E-state index contributed by atoms with van der Waals surface area (Å²) in [6.07, 6.45) is 4.92. The summed E-state index contributed by atoms with van der Waals surface area (Å²) in [7, 11) is 0. The third kappa shape index (κ3) is 9.08. The molecule has 0 bridgehead atoms. The van der Waals surface area contributed by atoms with Crippen LogP contribution in [0.1, 0.15) is 98.5 Å². The van der Waals surface area contributed by atoms with Crippen LogP contribution >= 0.6 is 0 Å². The molecular weight excluding hydrogens is 793 g/mol. The number of anilines is 2. The molecule has 3 aromatic heterocycles. The predicted molar refractivity (Wildman–Crippen MR) is 244 cm³/mol. The molecule has 3 amide bonds. The fraction of sp³-hybridized carbons (Fsp3) is 0.408. The summed E-state index contributed by atoms with van der Waals surface area (Å²) in [4.78, 5) is 61.5. The maximum absolute atomic E-state index is 12.9. The zero-order valence-corrected chi connectivity index (χ0v) is 36.8. The number of rotatable bonds is 10. The van der Waals surface area contributed by atoms with Crippen molar-refractivity contribution in [3.8, 4) is 22.5 Å². The maximum Gasteiger partial charge on any atom is 0.315 e. The summed E-state index contributed by atoms with van der Waals surface area (Å²) >= 11 is 0. The topological polar surface area (TPSA) is 165 Å². The molecule has 6 heterocycles. The average Bonchev–Trinajstić information content (AvgIpc) is 3.97. The van der Waals surface area contributed by atoms with Crippen molar-refractivity contribution in [2.24, 2.45) is 5.92 Å². The first-order chi connectivity index (χ1) is 30.4. The molecule has 326 valence electrons. The number of amides is 3. The highest BCUT2D eigenvalue weighted by Gasteiger charge is 2.29. The number of piperidine rings is 2. The lowest BCUT2D eigenvalue weighted by Crippen LogP contribution is -2.49. The van der Waals surface area contributed by atoms with Crippen LogP contribution in [0, 0.1) is 12.8 Å². The van der Waals surface area contributed by atoms with E-state index in [1.807, 2.05) is 46.8 Å². The molecule has 9 rings (SSSR count). The van der Waals surface area contributed by atoms with Gasteiger partial charge < -0.3 is 24.6 Å². The van der Waals surface area contributed by atoms with E-state index in [2.05, 4.69) is 106 Å². The van der Waals surface area contributed by atoms with Crippen molar-refractivity contribution in [2.75, 3.05) is 55.6 Å². The number of H-pyrrole nitrogens is 1. The second-order valence-corrected chi connectivity index (χ2v) is 18.5. The number of aromatic amines is 1. The second kappa shape index (κ2) is 17.4. The smallest absolute Gasteiger partial charge is 0.315 e. The van der Waals surface area contributed by atoms with Gasteiger partial charge in [-0.25, -0.2) is 9.97 Å². The Morgan fingerprint density at radius 3 is 2.21 bits per heavy atom. The molecule has 1 unspecified atom stereocenters. The zero-order valence-electron chi connectivity index (χ0n) is 36.8. The molecule has 3 aromatic carbocycles. The van der Waals surface area contributed by atoms with Gasteiger partial charge in [-0.15, -0.1) is 0 Å². The number of nitrogens with one attached hydrogen (secondary N) is 3. The Morgan fingerprint density at radius 2 is 1.54 bits per heavy atom. The van der Waals surface area contributed by atoms with Gasteiger partial charge >= 0.3 is 11.8 Å². The van der Waals surface area contributed by atoms with Crippen molar-refractivity contribution in [1.29, 1.82) is 0 Å². The van der Waals surface area contributed by atoms with Crippen molar-refractivity contribution in [1.82, 2.24) is 40.6 Å². The van der Waals surface area contributed by atoms with Crippen LogP contribution < -0.4 is 20.4 Å². The monoisotopic (exact) mass is 848 g/mol. The quantitative estimate of drug-likeness (QED) is 0.118. The van der Waals surface area contributed by atoms with Gasteiger partial charge in [-0.05, 0) is 97.7 Å². The molecule has 3 saturated heterocycles. The van der Waals surface area contributed by atoms with Gasteiger partial charge in [-0.2, -0.15) is 4.98 Å². The highest BCUT2D eigenvalue weighted by molar-refractivity contribution is 6.01. The first-order valence-corrected chi connectivity index (χ1v) is 22.2. The molecule has 3 aliphatic rings. The van der Waals surface area contributed by atoms with Gasteiger partial charge in [-0.3, -0.25) is 24.6 Å². The molecule has 0 aliphatic carbocycles. The van der Waals surface area contributed by atoms with Crippen LogP contribution in [0.5, 0.6) is 0 Å². The Bertz CT molecular complexity index is 2610. The number of aryl methyl sites for hydroxylation is 1. The first kappa shape index (κ1) is 41.9. The highest BCUT2D eigenvalue weighted by atomic mass is 16.5. The number of carbonyl (C=O) groups is 3. The van der Waals surface area contributed by atoms with Crippen LogP contribution in [-0.4, -0.2) is 93.5 Å². The Morgan fingerprint density at radius 1 is 0.857 bits per heavy atom. The zero-order chi connectivity index (χ0) is 43.8. The first-order valence-electron chi connectivity index (χ1n) is 22.2. The summed E-state index contributed by atoms with van der Waals surface area (Å²) in [5.74, 6) is 0.128. The van der Waals surface area contributed by atoms with E-state index in [0.717, 1.165) is 96.1 Å². The Balaban J connectivity index is 0.768. The fourth-order valence-electron chi connectivity index (χ4n) is 9.30. The molecule has 0 radical (unpaired) electrons. The van der Waals surface area contributed by atoms with Crippen molar-refractivity contribution in [2.45, 2.75) is 77.7 Å². The van der Waals surface area contributed by atoms with Crippen LogP contribution in [0.15, 0.2) is 83.6 Å². The van der Waals surface area contributed by atoms with E-state index in [1.165, 1.54) is 24.2 Å². The lowest BCUT2D eigenvalue weighted by atomic mass is 9.90. The third-order valence-corrected chi connectivity index (χ3v) is 13.0. The molecule has 63 heavy (non-hydrogen) atoms. The van der Waals surface area contributed by atoms with Crippen LogP contribution in [0.2, 0.25) is 0 Å². The molecular formula is C49H56N10O4. The molecule has 3 aliphatic heterocycles. The number of piperazine rings is 1. The molecule has 6 aromatic rings. The molecule has 14 nitrogen and oxygen atoms in total. The molecule has 14 heteroatoms. The lowest BCUT2D eigenvalue weighted by molar-refractivity contribution is -0.134. The largest absolute Gasteiger partial charge is 0.372 e. The van der Waals surface area contributed by atoms with Gasteiger partial charge in [0.05, 0.1) is 17.7 Å². The van der Waals surface area contributed by atoms with E-state index >= 15 is 0 Å². The second-order valence-electron chi connectivity index (χ2n) is 18.5. The minimum absolute atomic E-state index is 0.0447. The minimum atomic E-state index is -0.405. The summed E-state index contributed by atoms with van der Waals surface area (Å²) in [5, 5.41) is 10.4. The van der Waals surface area contributed by atoms with Gasteiger partial charge in [-0.1, -0.05) is 62.3 Å². The van der Waals surface area contributed by atoms with Gasteiger partial charge in [0.15, 0.2) is 5.82 Å². The number of imide groups is 1. The Hall–Kier alpha value is -6.41. The number of benzene rings is 3. The van der Waals surface area contributed by atoms with Crippen molar-refractivity contribution < 1.29 is 18.9 Å². The van der Waals surface area contributed by atoms with Gasteiger partial charge in [0.1, 0.15) is 12.0 Å². The van der Waals surface area contributed by atoms with E-state index in [1.54, 1.807) is 6.33 Å². The number of aromatic nitrogens is 5. The van der Waals surface area contributed by atoms with Crippen LogP contribution in [-0.2, 0) is 15.0 Å². The predicted octanol–water partition coefficient (Wildman–Crippen LogP) is 7.33. The van der Waals surface area contributed by atoms with E-state index in [0.29, 0.717) is 24.6 Å². The summed E-state index contributed by atoms with van der Waals surface area (Å²) in [6.45, 7) is 17.2. The van der Waals surface area contributed by atoms with Crippen LogP contribution in [0.3, 0.4) is 0 Å². The molecule has 0 saturated carbocycles. The van der Waals surface area contributed by atoms with Gasteiger partial charge in [0.25, 0.3) is 0 Å². The molecule has 0 spiro atoms. The van der Waals surface area contributed by atoms with E-state index in [-0.39, 0.29) is 35.1 Å². The number of nitrogens with zero attached hydrogens (tertiary/aromatic N) is 7. The van der Waals surface area contributed by atoms with Crippen LogP contribution in [0.4, 0.5) is 11.4 Å². The average molecular weight is 849 g/mol. The number of hydrogen-bond donors (Lipinski definition) is 3. The van der Waals surface area contributed by atoms with Gasteiger partial charge in [0, 0.05) is 85.7 Å². The number of fused-ring (bicyclic) bond motifs is 1. The SMILES string of the molecule is Cc1cc(-c2ncnc3[nH]c(-c4ccc(N5CCN(CC6CCN(c7ccc(C8CCC(=O)NC8=O)cc7)CC6)CC5)cc4)cc23)ccc1[C@@H](C)NC(=O)c1nc(C(C)(C)C)no1. The molecule has 3 fully saturated rings. The minimum Gasteiger partial charge on any atom is -0.372 e. The normalized spacial score (nSPS) is 18.5. The summed E-state index contributed by atoms with van der Waals surface area (Å²) < 4.78 is 5.25. The lowest BCUT2D eigenvalue weighted by Gasteiger charge is -2.40. The Labute approximate surface area is 367 Å². The van der Waals surface area contributed by atoms with Crippen molar-refractivity contribution >= 4 is 40.1 Å². The summed E-state index contributed by atoms with van der Waals surface area (Å²) in [5.41, 5.74) is 9.77. The molecule has 2 atom stereocenters. The number of carbonyl (C=O) groups excluding carboxylic acids is 3. The maximum atomic E-state index is 12.9. The third-order valence-electron chi connectivity index (χ3n) is 13.0. The van der Waals surface area contributed by atoms with Crippen molar-refractivity contribution in [3.05, 3.63) is 108 Å². The molecule has 3 N–H and O–H groups in total. The number of hydrogen-bond acceptors (Lipinski definition) is 11. The van der Waals surface area contributed by atoms with E-state index < -0.39 is 5.91 Å². The van der Waals surface area contributed by atoms with E-state index in [9.17, 15) is 14.4 Å².